The zero-order chi connectivity index (χ0) is 13.2. The SMILES string of the molecule is CC(C)(NC(=O)N1CCCC1)c1ccc(F)cc1. The molecule has 98 valence electrons. The molecule has 1 aliphatic heterocycles. The van der Waals surface area contributed by atoms with Crippen molar-refractivity contribution in [3.8, 4) is 0 Å². The predicted molar refractivity (Wildman–Crippen MR) is 68.8 cm³/mol. The van der Waals surface area contributed by atoms with Gasteiger partial charge in [-0.05, 0) is 44.4 Å². The summed E-state index contributed by atoms with van der Waals surface area (Å²) in [6.45, 7) is 5.50. The van der Waals surface area contributed by atoms with Crippen LogP contribution in [0.15, 0.2) is 24.3 Å². The lowest BCUT2D eigenvalue weighted by Gasteiger charge is -2.29. The third-order valence-electron chi connectivity index (χ3n) is 3.38. The fourth-order valence-corrected chi connectivity index (χ4v) is 2.21. The monoisotopic (exact) mass is 250 g/mol. The van der Waals surface area contributed by atoms with E-state index >= 15 is 0 Å². The standard InChI is InChI=1S/C14H19FN2O/c1-14(2,11-5-7-12(15)8-6-11)16-13(18)17-9-3-4-10-17/h5-8H,3-4,9-10H2,1-2H3,(H,16,18). The number of halogens is 1. The minimum absolute atomic E-state index is 0.0400. The molecule has 18 heavy (non-hydrogen) atoms. The summed E-state index contributed by atoms with van der Waals surface area (Å²) < 4.78 is 12.9. The van der Waals surface area contributed by atoms with Gasteiger partial charge >= 0.3 is 6.03 Å². The topological polar surface area (TPSA) is 32.3 Å². The highest BCUT2D eigenvalue weighted by Crippen LogP contribution is 2.21. The van der Waals surface area contributed by atoms with Crippen molar-refractivity contribution in [2.24, 2.45) is 0 Å². The molecule has 0 unspecified atom stereocenters. The Kier molecular flexibility index (Phi) is 3.55. The van der Waals surface area contributed by atoms with Gasteiger partial charge in [0.05, 0.1) is 5.54 Å². The van der Waals surface area contributed by atoms with Gasteiger partial charge in [-0.3, -0.25) is 0 Å². The number of benzene rings is 1. The molecule has 1 saturated heterocycles. The smallest absolute Gasteiger partial charge is 0.318 e. The van der Waals surface area contributed by atoms with Crippen LogP contribution in [-0.2, 0) is 5.54 Å². The van der Waals surface area contributed by atoms with Crippen LogP contribution in [0, 0.1) is 5.82 Å². The van der Waals surface area contributed by atoms with Crippen LogP contribution in [0.3, 0.4) is 0 Å². The Morgan fingerprint density at radius 3 is 2.33 bits per heavy atom. The molecule has 1 aromatic rings. The normalized spacial score (nSPS) is 15.8. The quantitative estimate of drug-likeness (QED) is 0.860. The summed E-state index contributed by atoms with van der Waals surface area (Å²) in [4.78, 5) is 13.9. The minimum Gasteiger partial charge on any atom is -0.329 e. The molecule has 1 heterocycles. The first-order chi connectivity index (χ1) is 8.49. The first kappa shape index (κ1) is 12.9. The number of hydrogen-bond acceptors (Lipinski definition) is 1. The van der Waals surface area contributed by atoms with Gasteiger partial charge in [0.25, 0.3) is 0 Å². The molecule has 0 spiro atoms. The average Bonchev–Trinajstić information content (AvgIpc) is 2.82. The van der Waals surface area contributed by atoms with Crippen molar-refractivity contribution in [2.75, 3.05) is 13.1 Å². The summed E-state index contributed by atoms with van der Waals surface area (Å²) >= 11 is 0. The Morgan fingerprint density at radius 2 is 1.78 bits per heavy atom. The molecule has 1 fully saturated rings. The summed E-state index contributed by atoms with van der Waals surface area (Å²) in [5.41, 5.74) is 0.407. The third kappa shape index (κ3) is 2.81. The van der Waals surface area contributed by atoms with E-state index in [0.717, 1.165) is 31.5 Å². The van der Waals surface area contributed by atoms with Crippen LogP contribution in [0.25, 0.3) is 0 Å². The molecule has 1 N–H and O–H groups in total. The van der Waals surface area contributed by atoms with Crippen molar-refractivity contribution >= 4 is 6.03 Å². The van der Waals surface area contributed by atoms with E-state index in [4.69, 9.17) is 0 Å². The van der Waals surface area contributed by atoms with Crippen LogP contribution in [0.1, 0.15) is 32.3 Å². The van der Waals surface area contributed by atoms with E-state index in [-0.39, 0.29) is 11.8 Å². The van der Waals surface area contributed by atoms with Gasteiger partial charge in [-0.2, -0.15) is 0 Å². The Labute approximate surface area is 107 Å². The molecule has 0 bridgehead atoms. The Balaban J connectivity index is 2.06. The van der Waals surface area contributed by atoms with Gasteiger partial charge < -0.3 is 10.2 Å². The van der Waals surface area contributed by atoms with Gasteiger partial charge in [0.1, 0.15) is 5.82 Å². The van der Waals surface area contributed by atoms with Gasteiger partial charge in [-0.15, -0.1) is 0 Å². The fourth-order valence-electron chi connectivity index (χ4n) is 2.21. The van der Waals surface area contributed by atoms with Gasteiger partial charge in [0.2, 0.25) is 0 Å². The molecule has 2 amide bonds. The molecule has 4 heteroatoms. The Bertz CT molecular complexity index is 422. The number of hydrogen-bond donors (Lipinski definition) is 1. The van der Waals surface area contributed by atoms with E-state index in [9.17, 15) is 9.18 Å². The lowest BCUT2D eigenvalue weighted by atomic mass is 9.94. The summed E-state index contributed by atoms with van der Waals surface area (Å²) in [7, 11) is 0. The minimum atomic E-state index is -0.493. The van der Waals surface area contributed by atoms with Crippen molar-refractivity contribution in [3.05, 3.63) is 35.6 Å². The molecule has 0 aromatic heterocycles. The highest BCUT2D eigenvalue weighted by atomic mass is 19.1. The van der Waals surface area contributed by atoms with Crippen LogP contribution >= 0.6 is 0 Å². The van der Waals surface area contributed by atoms with Crippen LogP contribution in [0.5, 0.6) is 0 Å². The largest absolute Gasteiger partial charge is 0.329 e. The molecule has 0 aliphatic carbocycles. The fraction of sp³-hybridized carbons (Fsp3) is 0.500. The van der Waals surface area contributed by atoms with Crippen molar-refractivity contribution < 1.29 is 9.18 Å². The molecular formula is C14H19FN2O. The number of carbonyl (C=O) groups is 1. The molecule has 3 nitrogen and oxygen atoms in total. The zero-order valence-corrected chi connectivity index (χ0v) is 10.9. The Morgan fingerprint density at radius 1 is 1.22 bits per heavy atom. The highest BCUT2D eigenvalue weighted by Gasteiger charge is 2.26. The summed E-state index contributed by atoms with van der Waals surface area (Å²) in [6.07, 6.45) is 2.15. The van der Waals surface area contributed by atoms with Crippen LogP contribution < -0.4 is 5.32 Å². The van der Waals surface area contributed by atoms with E-state index in [0.29, 0.717) is 0 Å². The summed E-state index contributed by atoms with van der Waals surface area (Å²) in [5, 5.41) is 3.00. The van der Waals surface area contributed by atoms with Crippen molar-refractivity contribution in [1.82, 2.24) is 10.2 Å². The lowest BCUT2D eigenvalue weighted by molar-refractivity contribution is 0.197. The molecule has 2 rings (SSSR count). The molecule has 0 atom stereocenters. The van der Waals surface area contributed by atoms with E-state index in [1.807, 2.05) is 18.7 Å². The summed E-state index contributed by atoms with van der Waals surface area (Å²) in [5.74, 6) is -0.264. The van der Waals surface area contributed by atoms with Gasteiger partial charge in [-0.25, -0.2) is 9.18 Å². The average molecular weight is 250 g/mol. The maximum absolute atomic E-state index is 12.9. The van der Waals surface area contributed by atoms with Crippen LogP contribution in [-0.4, -0.2) is 24.0 Å². The lowest BCUT2D eigenvalue weighted by Crippen LogP contribution is -2.47. The predicted octanol–water partition coefficient (Wildman–Crippen LogP) is 2.87. The number of rotatable bonds is 2. The van der Waals surface area contributed by atoms with Crippen molar-refractivity contribution in [3.63, 3.8) is 0 Å². The number of nitrogens with one attached hydrogen (secondary N) is 1. The maximum Gasteiger partial charge on any atom is 0.318 e. The number of nitrogens with zero attached hydrogens (tertiary/aromatic N) is 1. The second kappa shape index (κ2) is 4.96. The molecule has 0 saturated carbocycles. The van der Waals surface area contributed by atoms with E-state index in [1.165, 1.54) is 12.1 Å². The molecule has 0 radical (unpaired) electrons. The first-order valence-electron chi connectivity index (χ1n) is 6.32. The first-order valence-corrected chi connectivity index (χ1v) is 6.32. The van der Waals surface area contributed by atoms with Gasteiger partial charge in [0.15, 0.2) is 0 Å². The van der Waals surface area contributed by atoms with Crippen molar-refractivity contribution in [2.45, 2.75) is 32.2 Å². The number of likely N-dealkylation sites (tertiary alicyclic amines) is 1. The molecule has 1 aliphatic rings. The van der Waals surface area contributed by atoms with Gasteiger partial charge in [0, 0.05) is 13.1 Å². The van der Waals surface area contributed by atoms with Crippen molar-refractivity contribution in [1.29, 1.82) is 0 Å². The summed E-state index contributed by atoms with van der Waals surface area (Å²) in [6, 6.07) is 6.21. The van der Waals surface area contributed by atoms with Crippen LogP contribution in [0.2, 0.25) is 0 Å². The molecule has 1 aromatic carbocycles. The number of urea groups is 1. The second-order valence-electron chi connectivity index (χ2n) is 5.26. The van der Waals surface area contributed by atoms with Gasteiger partial charge in [-0.1, -0.05) is 12.1 Å². The third-order valence-corrected chi connectivity index (χ3v) is 3.38. The Hall–Kier alpha value is -1.58. The van der Waals surface area contributed by atoms with E-state index in [1.54, 1.807) is 12.1 Å². The number of carbonyl (C=O) groups excluding carboxylic acids is 1. The van der Waals surface area contributed by atoms with E-state index in [2.05, 4.69) is 5.32 Å². The maximum atomic E-state index is 12.9. The second-order valence-corrected chi connectivity index (χ2v) is 5.26. The molecular weight excluding hydrogens is 231 g/mol. The van der Waals surface area contributed by atoms with Crippen LogP contribution in [0.4, 0.5) is 9.18 Å². The highest BCUT2D eigenvalue weighted by molar-refractivity contribution is 5.75. The van der Waals surface area contributed by atoms with E-state index < -0.39 is 5.54 Å². The number of amides is 2. The zero-order valence-electron chi connectivity index (χ0n) is 10.9.